The van der Waals surface area contributed by atoms with E-state index in [0.29, 0.717) is 13.1 Å². The number of benzene rings is 1. The Hall–Kier alpha value is -2.10. The molecule has 1 N–H and O–H groups in total. The maximum absolute atomic E-state index is 12.0. The van der Waals surface area contributed by atoms with Gasteiger partial charge in [0, 0.05) is 19.2 Å². The number of hydrogen-bond acceptors (Lipinski definition) is 2. The molecule has 4 heteroatoms. The van der Waals surface area contributed by atoms with Crippen LogP contribution in [-0.4, -0.2) is 35.8 Å². The van der Waals surface area contributed by atoms with E-state index in [1.54, 1.807) is 17.9 Å². The second kappa shape index (κ2) is 5.49. The Kier molecular flexibility index (Phi) is 3.77. The van der Waals surface area contributed by atoms with Gasteiger partial charge in [-0.2, -0.15) is 0 Å². The summed E-state index contributed by atoms with van der Waals surface area (Å²) >= 11 is 0. The van der Waals surface area contributed by atoms with Crippen molar-refractivity contribution >= 4 is 17.9 Å². The van der Waals surface area contributed by atoms with E-state index in [0.717, 1.165) is 5.56 Å². The van der Waals surface area contributed by atoms with Crippen molar-refractivity contribution in [1.29, 1.82) is 0 Å². The topological polar surface area (TPSA) is 49.4 Å². The monoisotopic (exact) mass is 244 g/mol. The van der Waals surface area contributed by atoms with E-state index in [2.05, 4.69) is 5.32 Å². The Morgan fingerprint density at radius 1 is 1.39 bits per heavy atom. The summed E-state index contributed by atoms with van der Waals surface area (Å²) < 4.78 is 0. The molecule has 1 aromatic rings. The van der Waals surface area contributed by atoms with Crippen LogP contribution in [0.2, 0.25) is 0 Å². The molecule has 1 heterocycles. The molecule has 0 aromatic heterocycles. The summed E-state index contributed by atoms with van der Waals surface area (Å²) in [5, 5.41) is 2.73. The van der Waals surface area contributed by atoms with Crippen LogP contribution in [0.4, 0.5) is 0 Å². The molecule has 1 saturated heterocycles. The molecule has 0 saturated carbocycles. The summed E-state index contributed by atoms with van der Waals surface area (Å²) in [7, 11) is 0. The average molecular weight is 244 g/mol. The van der Waals surface area contributed by atoms with Crippen LogP contribution in [0.5, 0.6) is 0 Å². The van der Waals surface area contributed by atoms with Crippen LogP contribution >= 0.6 is 0 Å². The van der Waals surface area contributed by atoms with E-state index in [1.807, 2.05) is 30.3 Å². The molecule has 2 amide bonds. The van der Waals surface area contributed by atoms with Gasteiger partial charge < -0.3 is 10.2 Å². The molecule has 0 aliphatic carbocycles. The maximum Gasteiger partial charge on any atom is 0.247 e. The number of piperazine rings is 1. The molecule has 1 atom stereocenters. The summed E-state index contributed by atoms with van der Waals surface area (Å²) in [5.41, 5.74) is 0.972. The molecular formula is C14H16N2O2. The third-order valence-electron chi connectivity index (χ3n) is 3.00. The normalized spacial score (nSPS) is 19.9. The van der Waals surface area contributed by atoms with Crippen molar-refractivity contribution in [2.45, 2.75) is 13.0 Å². The minimum atomic E-state index is -0.397. The van der Waals surface area contributed by atoms with Crippen molar-refractivity contribution in [3.8, 4) is 0 Å². The molecule has 1 aromatic carbocycles. The van der Waals surface area contributed by atoms with E-state index in [4.69, 9.17) is 0 Å². The van der Waals surface area contributed by atoms with Crippen molar-refractivity contribution in [2.75, 3.05) is 13.1 Å². The predicted molar refractivity (Wildman–Crippen MR) is 69.7 cm³/mol. The second-order valence-electron chi connectivity index (χ2n) is 4.24. The zero-order chi connectivity index (χ0) is 13.0. The smallest absolute Gasteiger partial charge is 0.247 e. The van der Waals surface area contributed by atoms with Crippen molar-refractivity contribution in [3.63, 3.8) is 0 Å². The van der Waals surface area contributed by atoms with E-state index in [9.17, 15) is 9.59 Å². The van der Waals surface area contributed by atoms with E-state index >= 15 is 0 Å². The molecule has 2 rings (SSSR count). The highest BCUT2D eigenvalue weighted by atomic mass is 16.2. The van der Waals surface area contributed by atoms with Crippen LogP contribution in [0.3, 0.4) is 0 Å². The third kappa shape index (κ3) is 2.77. The lowest BCUT2D eigenvalue weighted by atomic mass is 10.2. The van der Waals surface area contributed by atoms with Crippen LogP contribution in [0.15, 0.2) is 36.4 Å². The highest BCUT2D eigenvalue weighted by Gasteiger charge is 2.27. The first-order valence-electron chi connectivity index (χ1n) is 6.00. The molecule has 0 spiro atoms. The lowest BCUT2D eigenvalue weighted by molar-refractivity contribution is -0.139. The molecule has 1 fully saturated rings. The lowest BCUT2D eigenvalue weighted by Gasteiger charge is -2.31. The van der Waals surface area contributed by atoms with Crippen molar-refractivity contribution in [3.05, 3.63) is 42.0 Å². The van der Waals surface area contributed by atoms with Gasteiger partial charge in [0.1, 0.15) is 6.04 Å². The van der Waals surface area contributed by atoms with Crippen LogP contribution < -0.4 is 5.32 Å². The number of hydrogen-bond donors (Lipinski definition) is 1. The van der Waals surface area contributed by atoms with Crippen molar-refractivity contribution in [1.82, 2.24) is 10.2 Å². The lowest BCUT2D eigenvalue weighted by Crippen LogP contribution is -2.55. The van der Waals surface area contributed by atoms with Crippen molar-refractivity contribution < 1.29 is 9.59 Å². The maximum atomic E-state index is 12.0. The summed E-state index contributed by atoms with van der Waals surface area (Å²) in [6.45, 7) is 2.82. The summed E-state index contributed by atoms with van der Waals surface area (Å²) in [6.07, 6.45) is 3.28. The molecule has 1 aliphatic heterocycles. The highest BCUT2D eigenvalue weighted by Crippen LogP contribution is 2.07. The fourth-order valence-electron chi connectivity index (χ4n) is 1.91. The molecule has 1 unspecified atom stereocenters. The van der Waals surface area contributed by atoms with Gasteiger partial charge in [-0.1, -0.05) is 30.3 Å². The molecule has 0 radical (unpaired) electrons. The molecule has 18 heavy (non-hydrogen) atoms. The Morgan fingerprint density at radius 2 is 2.11 bits per heavy atom. The molecule has 1 aliphatic rings. The van der Waals surface area contributed by atoms with Crippen LogP contribution in [0, 0.1) is 0 Å². The van der Waals surface area contributed by atoms with Gasteiger partial charge in [0.25, 0.3) is 0 Å². The Bertz CT molecular complexity index is 468. The number of nitrogens with one attached hydrogen (secondary N) is 1. The van der Waals surface area contributed by atoms with E-state index in [-0.39, 0.29) is 11.8 Å². The summed E-state index contributed by atoms with van der Waals surface area (Å²) in [4.78, 5) is 25.0. The second-order valence-corrected chi connectivity index (χ2v) is 4.24. The minimum Gasteiger partial charge on any atom is -0.353 e. The quantitative estimate of drug-likeness (QED) is 0.790. The predicted octanol–water partition coefficient (Wildman–Crippen LogP) is 1.05. The minimum absolute atomic E-state index is 0.0947. The van der Waals surface area contributed by atoms with Gasteiger partial charge in [0.15, 0.2) is 0 Å². The first-order valence-corrected chi connectivity index (χ1v) is 6.00. The van der Waals surface area contributed by atoms with Gasteiger partial charge in [0.05, 0.1) is 0 Å². The zero-order valence-electron chi connectivity index (χ0n) is 10.3. The molecule has 94 valence electrons. The van der Waals surface area contributed by atoms with Crippen LogP contribution in [0.1, 0.15) is 12.5 Å². The van der Waals surface area contributed by atoms with Gasteiger partial charge in [-0.05, 0) is 18.6 Å². The van der Waals surface area contributed by atoms with E-state index in [1.165, 1.54) is 6.08 Å². The molecule has 0 bridgehead atoms. The third-order valence-corrected chi connectivity index (χ3v) is 3.00. The fraction of sp³-hybridized carbons (Fsp3) is 0.286. The Morgan fingerprint density at radius 3 is 2.83 bits per heavy atom. The number of carbonyl (C=O) groups excluding carboxylic acids is 2. The van der Waals surface area contributed by atoms with Gasteiger partial charge in [-0.15, -0.1) is 0 Å². The Labute approximate surface area is 106 Å². The summed E-state index contributed by atoms with van der Waals surface area (Å²) in [6, 6.07) is 9.22. The van der Waals surface area contributed by atoms with E-state index < -0.39 is 6.04 Å². The number of rotatable bonds is 2. The number of nitrogens with zero attached hydrogens (tertiary/aromatic N) is 1. The molecular weight excluding hydrogens is 228 g/mol. The van der Waals surface area contributed by atoms with Gasteiger partial charge in [0.2, 0.25) is 11.8 Å². The first-order chi connectivity index (χ1) is 8.68. The largest absolute Gasteiger partial charge is 0.353 e. The zero-order valence-corrected chi connectivity index (χ0v) is 10.3. The highest BCUT2D eigenvalue weighted by molar-refractivity contribution is 5.96. The SMILES string of the molecule is CC1C(=O)NCCN1C(=O)C=Cc1ccccc1. The number of amides is 2. The molecule has 4 nitrogen and oxygen atoms in total. The van der Waals surface area contributed by atoms with Gasteiger partial charge in [-0.3, -0.25) is 9.59 Å². The first kappa shape index (κ1) is 12.4. The van der Waals surface area contributed by atoms with Gasteiger partial charge in [-0.25, -0.2) is 0 Å². The fourth-order valence-corrected chi connectivity index (χ4v) is 1.91. The summed E-state index contributed by atoms with van der Waals surface area (Å²) in [5.74, 6) is -0.219. The number of carbonyl (C=O) groups is 2. The van der Waals surface area contributed by atoms with Crippen LogP contribution in [0.25, 0.3) is 6.08 Å². The standard InChI is InChI=1S/C14H16N2O2/c1-11-14(18)15-9-10-16(11)13(17)8-7-12-5-3-2-4-6-12/h2-8,11H,9-10H2,1H3,(H,15,18). The van der Waals surface area contributed by atoms with Crippen LogP contribution in [-0.2, 0) is 9.59 Å². The van der Waals surface area contributed by atoms with Gasteiger partial charge >= 0.3 is 0 Å². The Balaban J connectivity index is 2.03. The average Bonchev–Trinajstić information content (AvgIpc) is 2.40. The van der Waals surface area contributed by atoms with Crippen molar-refractivity contribution in [2.24, 2.45) is 0 Å².